The molecule has 0 spiro atoms. The van der Waals surface area contributed by atoms with Gasteiger partial charge in [-0.15, -0.1) is 0 Å². The second-order valence-corrected chi connectivity index (χ2v) is 3.75. The highest BCUT2D eigenvalue weighted by molar-refractivity contribution is 5.70. The Labute approximate surface area is 98.9 Å². The van der Waals surface area contributed by atoms with Crippen LogP contribution in [0.25, 0.3) is 0 Å². The number of anilines is 1. The Bertz CT molecular complexity index is 425. The molecule has 4 nitrogen and oxygen atoms in total. The molecule has 1 N–H and O–H groups in total. The second-order valence-electron chi connectivity index (χ2n) is 3.75. The van der Waals surface area contributed by atoms with E-state index in [1.807, 2.05) is 6.07 Å². The molecule has 0 saturated carbocycles. The maximum absolute atomic E-state index is 12.7. The third-order valence-corrected chi connectivity index (χ3v) is 2.37. The number of nitriles is 1. The smallest absolute Gasteiger partial charge is 0.308 e. The lowest BCUT2D eigenvalue weighted by Gasteiger charge is -2.23. The number of benzene rings is 1. The first-order chi connectivity index (χ1) is 8.04. The number of aliphatic carboxylic acids is 1. The van der Waals surface area contributed by atoms with Crippen molar-refractivity contribution in [2.24, 2.45) is 5.92 Å². The molecule has 90 valence electrons. The molecule has 0 fully saturated rings. The summed E-state index contributed by atoms with van der Waals surface area (Å²) in [6, 6.07) is 7.59. The molecular formula is C12H13FN2O2. The molecule has 0 aliphatic heterocycles. The van der Waals surface area contributed by atoms with Gasteiger partial charge in [0.2, 0.25) is 0 Å². The minimum absolute atomic E-state index is 0.0727. The minimum atomic E-state index is -0.921. The van der Waals surface area contributed by atoms with Crippen molar-refractivity contribution in [2.45, 2.75) is 6.92 Å². The van der Waals surface area contributed by atoms with Crippen LogP contribution in [0.15, 0.2) is 24.3 Å². The van der Waals surface area contributed by atoms with Gasteiger partial charge in [-0.1, -0.05) is 6.92 Å². The predicted molar refractivity (Wildman–Crippen MR) is 61.0 cm³/mol. The van der Waals surface area contributed by atoms with Crippen molar-refractivity contribution in [2.75, 3.05) is 18.0 Å². The summed E-state index contributed by atoms with van der Waals surface area (Å²) >= 11 is 0. The molecule has 1 aromatic carbocycles. The summed E-state index contributed by atoms with van der Waals surface area (Å²) in [6.07, 6.45) is 0. The zero-order valence-corrected chi connectivity index (χ0v) is 9.43. The quantitative estimate of drug-likeness (QED) is 0.793. The highest BCUT2D eigenvalue weighted by Crippen LogP contribution is 2.16. The molecule has 0 aliphatic rings. The van der Waals surface area contributed by atoms with Crippen molar-refractivity contribution in [1.82, 2.24) is 0 Å². The number of rotatable bonds is 5. The Kier molecular flexibility index (Phi) is 4.46. The van der Waals surface area contributed by atoms with Crippen molar-refractivity contribution in [3.8, 4) is 6.07 Å². The highest BCUT2D eigenvalue weighted by atomic mass is 19.1. The Morgan fingerprint density at radius 3 is 2.59 bits per heavy atom. The molecule has 1 atom stereocenters. The van der Waals surface area contributed by atoms with Crippen molar-refractivity contribution in [1.29, 1.82) is 5.26 Å². The molecule has 0 aliphatic carbocycles. The number of hydrogen-bond donors (Lipinski definition) is 1. The predicted octanol–water partition coefficient (Wildman–Crippen LogP) is 1.88. The molecule has 0 aromatic heterocycles. The standard InChI is InChI=1S/C12H13FN2O2/c1-9(12(16)17)8-15(7-6-14)11-4-2-10(13)3-5-11/h2-5,9H,7-8H2,1H3,(H,16,17). The first-order valence-electron chi connectivity index (χ1n) is 5.15. The van der Waals surface area contributed by atoms with Gasteiger partial charge >= 0.3 is 5.97 Å². The van der Waals surface area contributed by atoms with Crippen LogP contribution < -0.4 is 4.90 Å². The number of nitrogens with zero attached hydrogens (tertiary/aromatic N) is 2. The van der Waals surface area contributed by atoms with Crippen LogP contribution in [0.5, 0.6) is 0 Å². The van der Waals surface area contributed by atoms with Crippen LogP contribution in [0.1, 0.15) is 6.92 Å². The number of halogens is 1. The Morgan fingerprint density at radius 2 is 2.12 bits per heavy atom. The normalized spacial score (nSPS) is 11.6. The molecule has 0 amide bonds. The van der Waals surface area contributed by atoms with Gasteiger partial charge in [-0.2, -0.15) is 5.26 Å². The average molecular weight is 236 g/mol. The first-order valence-corrected chi connectivity index (χ1v) is 5.15. The topological polar surface area (TPSA) is 64.3 Å². The number of carboxylic acid groups (broad SMARTS) is 1. The van der Waals surface area contributed by atoms with Crippen LogP contribution in [0.4, 0.5) is 10.1 Å². The first kappa shape index (κ1) is 13.0. The van der Waals surface area contributed by atoms with E-state index in [1.165, 1.54) is 24.3 Å². The van der Waals surface area contributed by atoms with Crippen LogP contribution in [0, 0.1) is 23.1 Å². The van der Waals surface area contributed by atoms with E-state index < -0.39 is 11.9 Å². The Morgan fingerprint density at radius 1 is 1.53 bits per heavy atom. The van der Waals surface area contributed by atoms with Crippen molar-refractivity contribution >= 4 is 11.7 Å². The fourth-order valence-corrected chi connectivity index (χ4v) is 1.41. The molecule has 0 radical (unpaired) electrons. The van der Waals surface area contributed by atoms with Gasteiger partial charge in [0.25, 0.3) is 0 Å². The lowest BCUT2D eigenvalue weighted by molar-refractivity contribution is -0.140. The molecule has 0 heterocycles. The third-order valence-electron chi connectivity index (χ3n) is 2.37. The number of carboxylic acids is 1. The van der Waals surface area contributed by atoms with Gasteiger partial charge in [0.15, 0.2) is 0 Å². The van der Waals surface area contributed by atoms with Gasteiger partial charge in [-0.05, 0) is 24.3 Å². The van der Waals surface area contributed by atoms with Crippen molar-refractivity contribution < 1.29 is 14.3 Å². The molecule has 1 aromatic rings. The minimum Gasteiger partial charge on any atom is -0.481 e. The fourth-order valence-electron chi connectivity index (χ4n) is 1.41. The zero-order valence-electron chi connectivity index (χ0n) is 9.43. The molecule has 5 heteroatoms. The monoisotopic (exact) mass is 236 g/mol. The van der Waals surface area contributed by atoms with E-state index in [1.54, 1.807) is 11.8 Å². The zero-order chi connectivity index (χ0) is 12.8. The highest BCUT2D eigenvalue weighted by Gasteiger charge is 2.16. The van der Waals surface area contributed by atoms with Crippen LogP contribution in [0.3, 0.4) is 0 Å². The summed E-state index contributed by atoms with van der Waals surface area (Å²) in [5.74, 6) is -1.87. The van der Waals surface area contributed by atoms with E-state index >= 15 is 0 Å². The molecular weight excluding hydrogens is 223 g/mol. The van der Waals surface area contributed by atoms with E-state index in [2.05, 4.69) is 0 Å². The summed E-state index contributed by atoms with van der Waals surface area (Å²) in [4.78, 5) is 12.4. The van der Waals surface area contributed by atoms with E-state index in [0.29, 0.717) is 5.69 Å². The average Bonchev–Trinajstić information content (AvgIpc) is 2.29. The van der Waals surface area contributed by atoms with E-state index in [0.717, 1.165) is 0 Å². The van der Waals surface area contributed by atoms with E-state index in [9.17, 15) is 9.18 Å². The number of hydrogen-bond acceptors (Lipinski definition) is 3. The van der Waals surface area contributed by atoms with Crippen molar-refractivity contribution in [3.63, 3.8) is 0 Å². The summed E-state index contributed by atoms with van der Waals surface area (Å²) in [6.45, 7) is 1.86. The molecule has 1 unspecified atom stereocenters. The molecule has 1 rings (SSSR count). The van der Waals surface area contributed by atoms with Crippen LogP contribution in [-0.4, -0.2) is 24.2 Å². The van der Waals surface area contributed by atoms with Crippen LogP contribution >= 0.6 is 0 Å². The summed E-state index contributed by atoms with van der Waals surface area (Å²) < 4.78 is 12.7. The summed E-state index contributed by atoms with van der Waals surface area (Å²) in [7, 11) is 0. The molecule has 0 saturated heterocycles. The van der Waals surface area contributed by atoms with E-state index in [-0.39, 0.29) is 18.9 Å². The largest absolute Gasteiger partial charge is 0.481 e. The third kappa shape index (κ3) is 3.76. The summed E-state index contributed by atoms with van der Waals surface area (Å²) in [5, 5.41) is 17.5. The Hall–Kier alpha value is -2.09. The van der Waals surface area contributed by atoms with Crippen LogP contribution in [0.2, 0.25) is 0 Å². The van der Waals surface area contributed by atoms with Gasteiger partial charge in [-0.25, -0.2) is 4.39 Å². The SMILES string of the molecule is CC(CN(CC#N)c1ccc(F)cc1)C(=O)O. The number of carbonyl (C=O) groups is 1. The maximum atomic E-state index is 12.7. The van der Waals surface area contributed by atoms with Gasteiger partial charge in [-0.3, -0.25) is 4.79 Å². The summed E-state index contributed by atoms with van der Waals surface area (Å²) in [5.41, 5.74) is 0.640. The van der Waals surface area contributed by atoms with Gasteiger partial charge in [0, 0.05) is 12.2 Å². The van der Waals surface area contributed by atoms with Gasteiger partial charge in [0.05, 0.1) is 12.0 Å². The van der Waals surface area contributed by atoms with Gasteiger partial charge in [0.1, 0.15) is 12.4 Å². The maximum Gasteiger partial charge on any atom is 0.308 e. The van der Waals surface area contributed by atoms with Gasteiger partial charge < -0.3 is 10.0 Å². The molecule has 17 heavy (non-hydrogen) atoms. The molecule has 0 bridgehead atoms. The fraction of sp³-hybridized carbons (Fsp3) is 0.333. The Balaban J connectivity index is 2.82. The lowest BCUT2D eigenvalue weighted by atomic mass is 10.1. The second kappa shape index (κ2) is 5.85. The van der Waals surface area contributed by atoms with Crippen LogP contribution in [-0.2, 0) is 4.79 Å². The van der Waals surface area contributed by atoms with Crippen molar-refractivity contribution in [3.05, 3.63) is 30.1 Å². The lowest BCUT2D eigenvalue weighted by Crippen LogP contribution is -2.32. The van der Waals surface area contributed by atoms with E-state index in [4.69, 9.17) is 10.4 Å².